The highest BCUT2D eigenvalue weighted by atomic mass is 16.4. The number of carboxylic acids is 4. The van der Waals surface area contributed by atoms with Crippen LogP contribution in [0.25, 0.3) is 0 Å². The summed E-state index contributed by atoms with van der Waals surface area (Å²) >= 11 is 0. The van der Waals surface area contributed by atoms with Gasteiger partial charge >= 0.3 is 23.9 Å². The summed E-state index contributed by atoms with van der Waals surface area (Å²) in [4.78, 5) is 44.5. The van der Waals surface area contributed by atoms with E-state index in [2.05, 4.69) is 0 Å². The van der Waals surface area contributed by atoms with E-state index in [1.807, 2.05) is 0 Å². The van der Waals surface area contributed by atoms with Crippen LogP contribution in [-0.4, -0.2) is 67.3 Å². The molecule has 0 heterocycles. The number of carboxylic acid groups (broad SMARTS) is 4. The van der Waals surface area contributed by atoms with Gasteiger partial charge in [-0.1, -0.05) is 0 Å². The van der Waals surface area contributed by atoms with Gasteiger partial charge < -0.3 is 20.4 Å². The lowest BCUT2D eigenvalue weighted by Crippen LogP contribution is -2.56. The molecule has 0 rings (SSSR count). The van der Waals surface area contributed by atoms with Gasteiger partial charge in [0.2, 0.25) is 0 Å². The molecule has 0 aromatic carbocycles. The Balaban J connectivity index is 5.40. The number of aliphatic carboxylic acids is 4. The minimum Gasteiger partial charge on any atom is -0.481 e. The first-order chi connectivity index (χ1) is 9.09. The van der Waals surface area contributed by atoms with Gasteiger partial charge in [0.15, 0.2) is 0 Å². The zero-order valence-electron chi connectivity index (χ0n) is 11.0. The van der Waals surface area contributed by atoms with Gasteiger partial charge in [0.05, 0.1) is 0 Å². The quantitative estimate of drug-likeness (QED) is 0.442. The van der Waals surface area contributed by atoms with Crippen molar-refractivity contribution in [3.8, 4) is 0 Å². The van der Waals surface area contributed by atoms with E-state index in [9.17, 15) is 19.2 Å². The van der Waals surface area contributed by atoms with Crippen LogP contribution in [0.4, 0.5) is 0 Å². The van der Waals surface area contributed by atoms with Gasteiger partial charge in [-0.15, -0.1) is 0 Å². The van der Waals surface area contributed by atoms with Crippen molar-refractivity contribution in [2.45, 2.75) is 44.8 Å². The van der Waals surface area contributed by atoms with E-state index >= 15 is 0 Å². The molecule has 0 saturated heterocycles. The van der Waals surface area contributed by atoms with Gasteiger partial charge in [-0.2, -0.15) is 0 Å². The molecular weight excluding hydrogens is 274 g/mol. The molecule has 0 amide bonds. The molecule has 0 radical (unpaired) electrons. The molecule has 0 aromatic heterocycles. The van der Waals surface area contributed by atoms with Gasteiger partial charge in [-0.05, 0) is 20.3 Å². The summed E-state index contributed by atoms with van der Waals surface area (Å²) in [5.41, 5.74) is 0. The lowest BCUT2D eigenvalue weighted by molar-refractivity contribution is -0.157. The van der Waals surface area contributed by atoms with E-state index in [1.165, 1.54) is 0 Å². The number of nitrogens with zero attached hydrogens (tertiary/aromatic N) is 1. The van der Waals surface area contributed by atoms with Crippen LogP contribution in [0.5, 0.6) is 0 Å². The van der Waals surface area contributed by atoms with Crippen molar-refractivity contribution >= 4 is 23.9 Å². The summed E-state index contributed by atoms with van der Waals surface area (Å²) in [6.07, 6.45) is -0.897. The summed E-state index contributed by atoms with van der Waals surface area (Å²) < 4.78 is 0. The highest BCUT2D eigenvalue weighted by Gasteiger charge is 2.38. The van der Waals surface area contributed by atoms with Crippen LogP contribution in [0.15, 0.2) is 0 Å². The molecule has 0 bridgehead atoms. The van der Waals surface area contributed by atoms with Crippen molar-refractivity contribution < 1.29 is 39.6 Å². The number of rotatable bonds is 9. The molecule has 0 spiro atoms. The third-order valence-corrected chi connectivity index (χ3v) is 2.89. The van der Waals surface area contributed by atoms with E-state index in [0.29, 0.717) is 0 Å². The zero-order chi connectivity index (χ0) is 16.0. The minimum atomic E-state index is -1.51. The monoisotopic (exact) mass is 291 g/mol. The number of hydrogen-bond acceptors (Lipinski definition) is 5. The molecule has 0 aliphatic heterocycles. The molecule has 9 nitrogen and oxygen atoms in total. The summed E-state index contributed by atoms with van der Waals surface area (Å²) in [6.45, 7) is 2.30. The van der Waals surface area contributed by atoms with Crippen molar-refractivity contribution in [2.75, 3.05) is 0 Å². The molecule has 9 heteroatoms. The SMILES string of the molecule is CC(C(=O)O)N(C(C)C(=O)O)C(CCC(=O)O)C(=O)O. The summed E-state index contributed by atoms with van der Waals surface area (Å²) in [7, 11) is 0. The highest BCUT2D eigenvalue weighted by molar-refractivity contribution is 5.81. The van der Waals surface area contributed by atoms with Gasteiger partial charge in [0.1, 0.15) is 18.1 Å². The zero-order valence-corrected chi connectivity index (χ0v) is 11.0. The summed E-state index contributed by atoms with van der Waals surface area (Å²) in [5.74, 6) is -5.49. The average Bonchev–Trinajstić information content (AvgIpc) is 2.31. The molecule has 20 heavy (non-hydrogen) atoms. The standard InChI is InChI=1S/C11H17NO8/c1-5(9(15)16)12(6(2)10(17)18)7(11(19)20)3-4-8(13)14/h5-7H,3-4H2,1-2H3,(H,13,14)(H,15,16)(H,17,18)(H,19,20). The fourth-order valence-corrected chi connectivity index (χ4v) is 1.79. The van der Waals surface area contributed by atoms with E-state index in [0.717, 1.165) is 18.7 Å². The first kappa shape index (κ1) is 17.8. The molecule has 4 N–H and O–H groups in total. The van der Waals surface area contributed by atoms with Crippen LogP contribution in [0.1, 0.15) is 26.7 Å². The van der Waals surface area contributed by atoms with Crippen molar-refractivity contribution in [1.82, 2.24) is 4.90 Å². The van der Waals surface area contributed by atoms with Crippen molar-refractivity contribution in [1.29, 1.82) is 0 Å². The van der Waals surface area contributed by atoms with Crippen LogP contribution in [0.2, 0.25) is 0 Å². The van der Waals surface area contributed by atoms with Crippen molar-refractivity contribution in [3.05, 3.63) is 0 Å². The lowest BCUT2D eigenvalue weighted by atomic mass is 10.0. The Morgan fingerprint density at radius 3 is 1.50 bits per heavy atom. The van der Waals surface area contributed by atoms with Crippen molar-refractivity contribution in [3.63, 3.8) is 0 Å². The first-order valence-electron chi connectivity index (χ1n) is 5.77. The maximum absolute atomic E-state index is 11.2. The normalized spacial score (nSPS) is 15.3. The topological polar surface area (TPSA) is 152 Å². The Hall–Kier alpha value is -2.16. The van der Waals surface area contributed by atoms with Crippen LogP contribution in [-0.2, 0) is 19.2 Å². The summed E-state index contributed by atoms with van der Waals surface area (Å²) in [5, 5.41) is 35.6. The first-order valence-corrected chi connectivity index (χ1v) is 5.77. The Morgan fingerprint density at radius 2 is 1.25 bits per heavy atom. The molecule has 0 aliphatic carbocycles. The number of hydrogen-bond donors (Lipinski definition) is 4. The minimum absolute atomic E-state index is 0.389. The second kappa shape index (κ2) is 7.43. The highest BCUT2D eigenvalue weighted by Crippen LogP contribution is 2.17. The Morgan fingerprint density at radius 1 is 0.850 bits per heavy atom. The molecule has 0 fully saturated rings. The van der Waals surface area contributed by atoms with Gasteiger partial charge in [-0.3, -0.25) is 24.1 Å². The van der Waals surface area contributed by atoms with Crippen molar-refractivity contribution in [2.24, 2.45) is 0 Å². The second-order valence-corrected chi connectivity index (χ2v) is 4.26. The molecule has 3 atom stereocenters. The number of carbonyl (C=O) groups is 4. The average molecular weight is 291 g/mol. The van der Waals surface area contributed by atoms with Crippen LogP contribution in [0.3, 0.4) is 0 Å². The maximum Gasteiger partial charge on any atom is 0.320 e. The van der Waals surface area contributed by atoms with E-state index in [4.69, 9.17) is 20.4 Å². The molecule has 3 unspecified atom stereocenters. The molecule has 0 aromatic rings. The van der Waals surface area contributed by atoms with E-state index < -0.39 is 48.4 Å². The maximum atomic E-state index is 11.2. The predicted octanol–water partition coefficient (Wildman–Crippen LogP) is -0.447. The Labute approximate surface area is 114 Å². The van der Waals surface area contributed by atoms with E-state index in [-0.39, 0.29) is 6.42 Å². The summed E-state index contributed by atoms with van der Waals surface area (Å²) in [6, 6.07) is -4.27. The molecular formula is C11H17NO8. The Kier molecular flexibility index (Phi) is 6.63. The smallest absolute Gasteiger partial charge is 0.320 e. The lowest BCUT2D eigenvalue weighted by Gasteiger charge is -2.34. The third kappa shape index (κ3) is 4.84. The van der Waals surface area contributed by atoms with Gasteiger partial charge in [-0.25, -0.2) is 0 Å². The Bertz CT molecular complexity index is 387. The molecule has 114 valence electrons. The van der Waals surface area contributed by atoms with Crippen LogP contribution < -0.4 is 0 Å². The molecule has 0 saturated carbocycles. The van der Waals surface area contributed by atoms with Gasteiger partial charge in [0.25, 0.3) is 0 Å². The largest absolute Gasteiger partial charge is 0.481 e. The molecule has 0 aliphatic rings. The predicted molar refractivity (Wildman–Crippen MR) is 64.3 cm³/mol. The van der Waals surface area contributed by atoms with Crippen LogP contribution >= 0.6 is 0 Å². The fourth-order valence-electron chi connectivity index (χ4n) is 1.79. The van der Waals surface area contributed by atoms with Crippen LogP contribution in [0, 0.1) is 0 Å². The third-order valence-electron chi connectivity index (χ3n) is 2.89. The fraction of sp³-hybridized carbons (Fsp3) is 0.636. The van der Waals surface area contributed by atoms with Gasteiger partial charge in [0, 0.05) is 6.42 Å². The van der Waals surface area contributed by atoms with E-state index in [1.54, 1.807) is 0 Å². The second-order valence-electron chi connectivity index (χ2n) is 4.26.